The first-order chi connectivity index (χ1) is 14.0. The fourth-order valence-corrected chi connectivity index (χ4v) is 4.82. The molecule has 0 spiro atoms. The third-order valence-corrected chi connectivity index (χ3v) is 6.29. The highest BCUT2D eigenvalue weighted by Gasteiger charge is 2.43. The van der Waals surface area contributed by atoms with E-state index in [4.69, 9.17) is 23.2 Å². The quantitative estimate of drug-likeness (QED) is 0.479. The number of nitrogens with one attached hydrogen (secondary N) is 1. The van der Waals surface area contributed by atoms with Crippen LogP contribution in [-0.2, 0) is 11.3 Å². The van der Waals surface area contributed by atoms with Crippen molar-refractivity contribution in [2.75, 3.05) is 11.1 Å². The van der Waals surface area contributed by atoms with Gasteiger partial charge in [-0.05, 0) is 43.0 Å². The molecule has 2 atom stereocenters. The normalized spacial score (nSPS) is 17.9. The van der Waals surface area contributed by atoms with Crippen LogP contribution >= 0.6 is 35.0 Å². The van der Waals surface area contributed by atoms with Crippen LogP contribution in [-0.4, -0.2) is 26.4 Å². The molecule has 1 aliphatic rings. The van der Waals surface area contributed by atoms with E-state index in [1.165, 1.54) is 17.3 Å². The second-order valence-electron chi connectivity index (χ2n) is 6.94. The van der Waals surface area contributed by atoms with Crippen molar-refractivity contribution in [1.82, 2.24) is 14.8 Å². The van der Waals surface area contributed by atoms with E-state index in [9.17, 15) is 4.79 Å². The zero-order chi connectivity index (χ0) is 20.4. The third kappa shape index (κ3) is 4.77. The Morgan fingerprint density at radius 1 is 1.14 bits per heavy atom. The number of halogens is 2. The van der Waals surface area contributed by atoms with Gasteiger partial charge in [0.1, 0.15) is 5.82 Å². The highest BCUT2D eigenvalue weighted by atomic mass is 35.5. The molecule has 1 aromatic heterocycles. The number of nitrogens with zero attached hydrogens (tertiary/aromatic N) is 3. The van der Waals surface area contributed by atoms with E-state index in [-0.39, 0.29) is 11.7 Å². The standard InChI is InChI=1S/C21H20Cl2N4OS/c1-2-27-20(18-11-17(18)13-6-4-3-5-7-13)25-26-21(27)29-12-19(28)24-16-9-14(22)8-15(23)10-16/h3-10,17-18H,2,11-12H2,1H3,(H,24,28). The van der Waals surface area contributed by atoms with Crippen molar-refractivity contribution >= 4 is 46.6 Å². The first kappa shape index (κ1) is 20.3. The zero-order valence-corrected chi connectivity index (χ0v) is 18.1. The minimum atomic E-state index is -0.144. The lowest BCUT2D eigenvalue weighted by Gasteiger charge is -2.08. The van der Waals surface area contributed by atoms with Crippen LogP contribution in [0.15, 0.2) is 53.7 Å². The van der Waals surface area contributed by atoms with Gasteiger partial charge in [-0.15, -0.1) is 10.2 Å². The van der Waals surface area contributed by atoms with E-state index >= 15 is 0 Å². The van der Waals surface area contributed by atoms with Crippen molar-refractivity contribution in [1.29, 1.82) is 0 Å². The summed E-state index contributed by atoms with van der Waals surface area (Å²) in [6.45, 7) is 2.85. The second kappa shape index (κ2) is 8.78. The lowest BCUT2D eigenvalue weighted by Crippen LogP contribution is -2.14. The minimum Gasteiger partial charge on any atom is -0.325 e. The Morgan fingerprint density at radius 3 is 2.55 bits per heavy atom. The summed E-state index contributed by atoms with van der Waals surface area (Å²) in [5.41, 5.74) is 1.92. The molecule has 4 rings (SSSR count). The molecule has 1 aliphatic carbocycles. The minimum absolute atomic E-state index is 0.144. The van der Waals surface area contributed by atoms with Crippen molar-refractivity contribution in [2.24, 2.45) is 0 Å². The molecular weight excluding hydrogens is 427 g/mol. The molecular formula is C21H20Cl2N4OS. The molecule has 0 saturated heterocycles. The average molecular weight is 447 g/mol. The Bertz CT molecular complexity index is 1000. The van der Waals surface area contributed by atoms with Crippen LogP contribution in [0.5, 0.6) is 0 Å². The van der Waals surface area contributed by atoms with Gasteiger partial charge in [-0.3, -0.25) is 4.79 Å². The van der Waals surface area contributed by atoms with Crippen molar-refractivity contribution in [3.05, 3.63) is 70.0 Å². The lowest BCUT2D eigenvalue weighted by molar-refractivity contribution is -0.113. The number of thioether (sulfide) groups is 1. The van der Waals surface area contributed by atoms with Gasteiger partial charge in [0.05, 0.1) is 5.75 Å². The highest BCUT2D eigenvalue weighted by molar-refractivity contribution is 7.99. The maximum absolute atomic E-state index is 12.3. The summed E-state index contributed by atoms with van der Waals surface area (Å²) in [6, 6.07) is 15.5. The van der Waals surface area contributed by atoms with Crippen LogP contribution in [0, 0.1) is 0 Å². The number of amides is 1. The molecule has 0 radical (unpaired) electrons. The van der Waals surface area contributed by atoms with E-state index in [0.29, 0.717) is 27.6 Å². The Labute approximate surface area is 183 Å². The third-order valence-electron chi connectivity index (χ3n) is 4.89. The molecule has 29 heavy (non-hydrogen) atoms. The van der Waals surface area contributed by atoms with Gasteiger partial charge in [-0.2, -0.15) is 0 Å². The predicted octanol–water partition coefficient (Wildman–Crippen LogP) is 5.61. The Morgan fingerprint density at radius 2 is 1.86 bits per heavy atom. The molecule has 0 bridgehead atoms. The van der Waals surface area contributed by atoms with Crippen molar-refractivity contribution in [3.63, 3.8) is 0 Å². The summed E-state index contributed by atoms with van der Waals surface area (Å²) in [6.07, 6.45) is 1.09. The number of aromatic nitrogens is 3. The lowest BCUT2D eigenvalue weighted by atomic mass is 10.1. The first-order valence-electron chi connectivity index (χ1n) is 9.42. The van der Waals surface area contributed by atoms with Crippen molar-refractivity contribution in [3.8, 4) is 0 Å². The molecule has 0 aliphatic heterocycles. The molecule has 2 unspecified atom stereocenters. The van der Waals surface area contributed by atoms with Crippen LogP contribution in [0.3, 0.4) is 0 Å². The van der Waals surface area contributed by atoms with Gasteiger partial charge in [0.2, 0.25) is 5.91 Å². The average Bonchev–Trinajstić information content (AvgIpc) is 3.38. The summed E-state index contributed by atoms with van der Waals surface area (Å²) in [5.74, 6) is 1.98. The predicted molar refractivity (Wildman–Crippen MR) is 118 cm³/mol. The summed E-state index contributed by atoms with van der Waals surface area (Å²) in [5, 5.41) is 13.3. The van der Waals surface area contributed by atoms with Crippen molar-refractivity contribution < 1.29 is 4.79 Å². The summed E-state index contributed by atoms with van der Waals surface area (Å²) in [7, 11) is 0. The summed E-state index contributed by atoms with van der Waals surface area (Å²) >= 11 is 13.3. The van der Waals surface area contributed by atoms with Gasteiger partial charge >= 0.3 is 0 Å². The number of anilines is 1. The second-order valence-corrected chi connectivity index (χ2v) is 8.75. The number of carbonyl (C=O) groups is 1. The fourth-order valence-electron chi connectivity index (χ4n) is 3.48. The molecule has 150 valence electrons. The van der Waals surface area contributed by atoms with Crippen LogP contribution < -0.4 is 5.32 Å². The molecule has 8 heteroatoms. The Kier molecular flexibility index (Phi) is 6.13. The van der Waals surface area contributed by atoms with E-state index in [0.717, 1.165) is 23.9 Å². The maximum Gasteiger partial charge on any atom is 0.234 e. The molecule has 3 aromatic rings. The first-order valence-corrected chi connectivity index (χ1v) is 11.2. The van der Waals surface area contributed by atoms with E-state index in [1.54, 1.807) is 18.2 Å². The van der Waals surface area contributed by atoms with Gasteiger partial charge in [-0.25, -0.2) is 0 Å². The summed E-state index contributed by atoms with van der Waals surface area (Å²) < 4.78 is 2.11. The number of rotatable bonds is 7. The topological polar surface area (TPSA) is 59.8 Å². The number of carbonyl (C=O) groups excluding carboxylic acids is 1. The van der Waals surface area contributed by atoms with Crippen LogP contribution in [0.4, 0.5) is 5.69 Å². The van der Waals surface area contributed by atoms with Gasteiger partial charge in [0, 0.05) is 28.2 Å². The molecule has 2 aromatic carbocycles. The highest BCUT2D eigenvalue weighted by Crippen LogP contribution is 2.54. The molecule has 1 N–H and O–H groups in total. The van der Waals surface area contributed by atoms with Crippen LogP contribution in [0.1, 0.15) is 36.6 Å². The molecule has 1 saturated carbocycles. The van der Waals surface area contributed by atoms with E-state index in [1.807, 2.05) is 6.07 Å². The zero-order valence-electron chi connectivity index (χ0n) is 15.8. The van der Waals surface area contributed by atoms with Gasteiger partial charge in [0.15, 0.2) is 5.16 Å². The number of benzene rings is 2. The van der Waals surface area contributed by atoms with Gasteiger partial charge in [0.25, 0.3) is 0 Å². The maximum atomic E-state index is 12.3. The number of hydrogen-bond acceptors (Lipinski definition) is 4. The Hall–Kier alpha value is -2.02. The molecule has 5 nitrogen and oxygen atoms in total. The molecule has 1 fully saturated rings. The van der Waals surface area contributed by atoms with E-state index in [2.05, 4.69) is 51.3 Å². The van der Waals surface area contributed by atoms with Crippen LogP contribution in [0.2, 0.25) is 10.0 Å². The Balaban J connectivity index is 1.39. The molecule has 1 heterocycles. The monoisotopic (exact) mass is 446 g/mol. The number of hydrogen-bond donors (Lipinski definition) is 1. The van der Waals surface area contributed by atoms with Crippen LogP contribution in [0.25, 0.3) is 0 Å². The molecule has 1 amide bonds. The fraction of sp³-hybridized carbons (Fsp3) is 0.286. The SMILES string of the molecule is CCn1c(SCC(=O)Nc2cc(Cl)cc(Cl)c2)nnc1C1CC1c1ccccc1. The van der Waals surface area contributed by atoms with Gasteiger partial charge < -0.3 is 9.88 Å². The summed E-state index contributed by atoms with van der Waals surface area (Å²) in [4.78, 5) is 12.3. The smallest absolute Gasteiger partial charge is 0.234 e. The largest absolute Gasteiger partial charge is 0.325 e. The van der Waals surface area contributed by atoms with Gasteiger partial charge in [-0.1, -0.05) is 65.3 Å². The van der Waals surface area contributed by atoms with E-state index < -0.39 is 0 Å². The van der Waals surface area contributed by atoms with Crippen molar-refractivity contribution in [2.45, 2.75) is 36.9 Å².